The lowest BCUT2D eigenvalue weighted by molar-refractivity contribution is -0.138. The van der Waals surface area contributed by atoms with E-state index in [0.717, 1.165) is 6.07 Å². The van der Waals surface area contributed by atoms with E-state index in [9.17, 15) is 18.0 Å². The van der Waals surface area contributed by atoms with Crippen molar-refractivity contribution >= 4 is 6.29 Å². The van der Waals surface area contributed by atoms with E-state index >= 15 is 0 Å². The number of hydrogen-bond donors (Lipinski definition) is 0. The van der Waals surface area contributed by atoms with Gasteiger partial charge < -0.3 is 9.53 Å². The summed E-state index contributed by atoms with van der Waals surface area (Å²) in [6, 6.07) is 3.72. The molecule has 1 heterocycles. The molecule has 0 bridgehead atoms. The van der Waals surface area contributed by atoms with Gasteiger partial charge in [0.05, 0.1) is 11.5 Å². The number of ether oxygens (including phenoxy) is 1. The highest BCUT2D eigenvalue weighted by Gasteiger charge is 2.38. The van der Waals surface area contributed by atoms with Gasteiger partial charge in [-0.25, -0.2) is 0 Å². The molecule has 15 heavy (non-hydrogen) atoms. The van der Waals surface area contributed by atoms with Crippen LogP contribution in [-0.2, 0) is 11.0 Å². The van der Waals surface area contributed by atoms with Crippen molar-refractivity contribution in [2.45, 2.75) is 12.1 Å². The number of aldehydes is 1. The standard InChI is InChI=1S/C10H7F3O2/c11-10(12,13)8-3-1-2-7-6(4-14)5-15-9(7)8/h1-4,6H,5H2. The minimum atomic E-state index is -4.44. The monoisotopic (exact) mass is 216 g/mol. The van der Waals surface area contributed by atoms with Crippen molar-refractivity contribution in [3.63, 3.8) is 0 Å². The Morgan fingerprint density at radius 3 is 2.73 bits per heavy atom. The molecule has 2 rings (SSSR count). The average Bonchev–Trinajstić information content (AvgIpc) is 2.58. The third-order valence-corrected chi connectivity index (χ3v) is 2.32. The van der Waals surface area contributed by atoms with Crippen molar-refractivity contribution in [2.75, 3.05) is 6.61 Å². The molecule has 1 aromatic carbocycles. The van der Waals surface area contributed by atoms with E-state index in [0.29, 0.717) is 11.8 Å². The number of carbonyl (C=O) groups excluding carboxylic acids is 1. The van der Waals surface area contributed by atoms with Crippen LogP contribution in [0.15, 0.2) is 18.2 Å². The van der Waals surface area contributed by atoms with Gasteiger partial charge in [-0.15, -0.1) is 0 Å². The first-order chi connectivity index (χ1) is 7.04. The van der Waals surface area contributed by atoms with Crippen LogP contribution in [0.2, 0.25) is 0 Å². The molecule has 5 heteroatoms. The fourth-order valence-electron chi connectivity index (χ4n) is 1.61. The summed E-state index contributed by atoms with van der Waals surface area (Å²) in [6.45, 7) is -0.00801. The second kappa shape index (κ2) is 3.25. The van der Waals surface area contributed by atoms with Crippen molar-refractivity contribution in [3.05, 3.63) is 29.3 Å². The quantitative estimate of drug-likeness (QED) is 0.673. The molecule has 1 aromatic rings. The lowest BCUT2D eigenvalue weighted by Gasteiger charge is -2.10. The molecule has 0 spiro atoms. The van der Waals surface area contributed by atoms with Crippen LogP contribution >= 0.6 is 0 Å². The van der Waals surface area contributed by atoms with Crippen LogP contribution in [0.1, 0.15) is 17.0 Å². The van der Waals surface area contributed by atoms with Gasteiger partial charge in [0.1, 0.15) is 18.6 Å². The molecule has 1 aliphatic heterocycles. The molecule has 1 unspecified atom stereocenters. The first-order valence-electron chi connectivity index (χ1n) is 4.32. The third-order valence-electron chi connectivity index (χ3n) is 2.32. The lowest BCUT2D eigenvalue weighted by Crippen LogP contribution is -2.06. The number of halogens is 3. The Bertz CT molecular complexity index is 398. The predicted octanol–water partition coefficient (Wildman–Crippen LogP) is 2.38. The van der Waals surface area contributed by atoms with E-state index in [2.05, 4.69) is 0 Å². The van der Waals surface area contributed by atoms with Crippen LogP contribution in [0, 0.1) is 0 Å². The van der Waals surface area contributed by atoms with Gasteiger partial charge in [0, 0.05) is 5.56 Å². The third kappa shape index (κ3) is 1.58. The fourth-order valence-corrected chi connectivity index (χ4v) is 1.61. The predicted molar refractivity (Wildman–Crippen MR) is 45.7 cm³/mol. The second-order valence-electron chi connectivity index (χ2n) is 3.28. The minimum Gasteiger partial charge on any atom is -0.492 e. The molecule has 1 aliphatic rings. The summed E-state index contributed by atoms with van der Waals surface area (Å²) in [5, 5.41) is 0. The highest BCUT2D eigenvalue weighted by atomic mass is 19.4. The van der Waals surface area contributed by atoms with Crippen molar-refractivity contribution < 1.29 is 22.7 Å². The largest absolute Gasteiger partial charge is 0.492 e. The van der Waals surface area contributed by atoms with Crippen LogP contribution in [-0.4, -0.2) is 12.9 Å². The Balaban J connectivity index is 2.54. The van der Waals surface area contributed by atoms with Gasteiger partial charge in [0.15, 0.2) is 0 Å². The number of alkyl halides is 3. The van der Waals surface area contributed by atoms with E-state index in [1.807, 2.05) is 0 Å². The van der Waals surface area contributed by atoms with Crippen LogP contribution in [0.25, 0.3) is 0 Å². The molecule has 0 saturated heterocycles. The molecule has 2 nitrogen and oxygen atoms in total. The smallest absolute Gasteiger partial charge is 0.419 e. The normalized spacial score (nSPS) is 19.5. The number of rotatable bonds is 1. The summed E-state index contributed by atoms with van der Waals surface area (Å²) in [5.41, 5.74) is -0.496. The molecule has 0 aliphatic carbocycles. The van der Waals surface area contributed by atoms with E-state index in [4.69, 9.17) is 4.74 Å². The van der Waals surface area contributed by atoms with Crippen LogP contribution in [0.3, 0.4) is 0 Å². The SMILES string of the molecule is O=CC1COc2c1cccc2C(F)(F)F. The average molecular weight is 216 g/mol. The van der Waals surface area contributed by atoms with Crippen LogP contribution < -0.4 is 4.74 Å². The highest BCUT2D eigenvalue weighted by Crippen LogP contribution is 2.43. The van der Waals surface area contributed by atoms with E-state index in [1.54, 1.807) is 0 Å². The molecule has 1 atom stereocenters. The fraction of sp³-hybridized carbons (Fsp3) is 0.300. The molecular weight excluding hydrogens is 209 g/mol. The van der Waals surface area contributed by atoms with Gasteiger partial charge in [-0.3, -0.25) is 0 Å². The molecule has 80 valence electrons. The lowest BCUT2D eigenvalue weighted by atomic mass is 10.0. The topological polar surface area (TPSA) is 26.3 Å². The first kappa shape index (κ1) is 10.0. The summed E-state index contributed by atoms with van der Waals surface area (Å²) >= 11 is 0. The molecule has 0 aromatic heterocycles. The summed E-state index contributed by atoms with van der Waals surface area (Å²) in [5.74, 6) is -0.788. The Morgan fingerprint density at radius 2 is 2.13 bits per heavy atom. The van der Waals surface area contributed by atoms with Crippen molar-refractivity contribution in [3.8, 4) is 5.75 Å². The first-order valence-corrected chi connectivity index (χ1v) is 4.32. The Hall–Kier alpha value is -1.52. The number of hydrogen-bond acceptors (Lipinski definition) is 2. The molecule has 0 saturated carbocycles. The maximum Gasteiger partial charge on any atom is 0.419 e. The zero-order valence-electron chi connectivity index (χ0n) is 7.54. The van der Waals surface area contributed by atoms with Crippen LogP contribution in [0.4, 0.5) is 13.2 Å². The number of benzene rings is 1. The van der Waals surface area contributed by atoms with Gasteiger partial charge in [-0.05, 0) is 6.07 Å². The Morgan fingerprint density at radius 1 is 1.40 bits per heavy atom. The maximum atomic E-state index is 12.5. The van der Waals surface area contributed by atoms with Gasteiger partial charge >= 0.3 is 6.18 Å². The highest BCUT2D eigenvalue weighted by molar-refractivity contribution is 5.67. The molecule has 0 N–H and O–H groups in total. The van der Waals surface area contributed by atoms with Crippen LogP contribution in [0.5, 0.6) is 5.75 Å². The zero-order chi connectivity index (χ0) is 11.1. The van der Waals surface area contributed by atoms with Gasteiger partial charge in [-0.1, -0.05) is 12.1 Å². The molecule has 0 fully saturated rings. The Kier molecular flexibility index (Phi) is 2.17. The summed E-state index contributed by atoms with van der Waals surface area (Å²) < 4.78 is 42.4. The Labute approximate surface area is 83.7 Å². The number of para-hydroxylation sites is 1. The summed E-state index contributed by atoms with van der Waals surface area (Å²) in [7, 11) is 0. The van der Waals surface area contributed by atoms with Gasteiger partial charge in [0.25, 0.3) is 0 Å². The minimum absolute atomic E-state index is 0.00801. The van der Waals surface area contributed by atoms with Crippen molar-refractivity contribution in [1.82, 2.24) is 0 Å². The van der Waals surface area contributed by atoms with E-state index in [1.165, 1.54) is 12.1 Å². The van der Waals surface area contributed by atoms with Gasteiger partial charge in [-0.2, -0.15) is 13.2 Å². The number of carbonyl (C=O) groups is 1. The maximum absolute atomic E-state index is 12.5. The van der Waals surface area contributed by atoms with E-state index < -0.39 is 17.7 Å². The molecular formula is C10H7F3O2. The van der Waals surface area contributed by atoms with Crippen molar-refractivity contribution in [2.24, 2.45) is 0 Å². The number of fused-ring (bicyclic) bond motifs is 1. The van der Waals surface area contributed by atoms with E-state index in [-0.39, 0.29) is 12.4 Å². The van der Waals surface area contributed by atoms with Crippen molar-refractivity contribution in [1.29, 1.82) is 0 Å². The summed E-state index contributed by atoms with van der Waals surface area (Å²) in [4.78, 5) is 10.6. The molecule has 0 radical (unpaired) electrons. The van der Waals surface area contributed by atoms with Gasteiger partial charge in [0.2, 0.25) is 0 Å². The summed E-state index contributed by atoms with van der Waals surface area (Å²) in [6.07, 6.45) is -3.84. The second-order valence-corrected chi connectivity index (χ2v) is 3.28. The zero-order valence-corrected chi connectivity index (χ0v) is 7.54. The molecule has 0 amide bonds.